The third-order valence-corrected chi connectivity index (χ3v) is 7.34. The number of amides is 3. The Morgan fingerprint density at radius 3 is 2.39 bits per heavy atom. The van der Waals surface area contributed by atoms with Gasteiger partial charge in [-0.25, -0.2) is 0 Å². The summed E-state index contributed by atoms with van der Waals surface area (Å²) in [6.07, 6.45) is 0.188. The number of fused-ring (bicyclic) bond motifs is 2. The lowest BCUT2D eigenvalue weighted by molar-refractivity contribution is -0.136. The van der Waals surface area contributed by atoms with Crippen LogP contribution in [-0.2, 0) is 9.59 Å². The van der Waals surface area contributed by atoms with Crippen molar-refractivity contribution in [3.63, 3.8) is 0 Å². The summed E-state index contributed by atoms with van der Waals surface area (Å²) in [6, 6.07) is 17.5. The molecule has 158 valence electrons. The molecule has 0 radical (unpaired) electrons. The standard InChI is InChI=1S/C24H23N3O3S/c1-25-19-8-4-3-7-17(19)18(15-22(25)28)23(29)26-10-12-27(13-11-26)24(30)21-14-16-6-2-5-9-20(16)31-21/h2-9,14,18H,10-13,15H2,1H3. The van der Waals surface area contributed by atoms with Crippen LogP contribution < -0.4 is 4.90 Å². The first kappa shape index (κ1) is 19.8. The van der Waals surface area contributed by atoms with Crippen LogP contribution in [0.5, 0.6) is 0 Å². The second-order valence-electron chi connectivity index (χ2n) is 8.03. The lowest BCUT2D eigenvalue weighted by atomic mass is 9.88. The Morgan fingerprint density at radius 1 is 0.935 bits per heavy atom. The minimum absolute atomic E-state index is 0.0214. The fourth-order valence-electron chi connectivity index (χ4n) is 4.46. The van der Waals surface area contributed by atoms with Crippen molar-refractivity contribution in [1.29, 1.82) is 0 Å². The van der Waals surface area contributed by atoms with Gasteiger partial charge >= 0.3 is 0 Å². The van der Waals surface area contributed by atoms with E-state index in [1.807, 2.05) is 59.5 Å². The molecule has 0 spiro atoms. The fourth-order valence-corrected chi connectivity index (χ4v) is 5.49. The molecular weight excluding hydrogens is 410 g/mol. The number of anilines is 1. The summed E-state index contributed by atoms with van der Waals surface area (Å²) in [6.45, 7) is 1.97. The first-order valence-electron chi connectivity index (χ1n) is 10.4. The number of benzene rings is 2. The monoisotopic (exact) mass is 433 g/mol. The third-order valence-electron chi connectivity index (χ3n) is 6.24. The van der Waals surface area contributed by atoms with Crippen molar-refractivity contribution in [2.24, 2.45) is 0 Å². The highest BCUT2D eigenvalue weighted by atomic mass is 32.1. The number of hydrogen-bond acceptors (Lipinski definition) is 4. The molecule has 1 saturated heterocycles. The normalized spacial score (nSPS) is 18.9. The summed E-state index contributed by atoms with van der Waals surface area (Å²) in [5, 5.41) is 1.08. The summed E-state index contributed by atoms with van der Waals surface area (Å²) >= 11 is 1.51. The zero-order chi connectivity index (χ0) is 21.5. The summed E-state index contributed by atoms with van der Waals surface area (Å²) in [4.78, 5) is 44.7. The Bertz CT molecular complexity index is 1150. The Balaban J connectivity index is 1.28. The van der Waals surface area contributed by atoms with E-state index in [0.717, 1.165) is 26.2 Å². The van der Waals surface area contributed by atoms with Crippen molar-refractivity contribution < 1.29 is 14.4 Å². The Labute approximate surface area is 184 Å². The average molecular weight is 434 g/mol. The summed E-state index contributed by atoms with van der Waals surface area (Å²) in [5.41, 5.74) is 1.70. The highest BCUT2D eigenvalue weighted by molar-refractivity contribution is 7.20. The molecule has 3 heterocycles. The molecule has 0 bridgehead atoms. The molecule has 0 N–H and O–H groups in total. The summed E-state index contributed by atoms with van der Waals surface area (Å²) in [5.74, 6) is -0.503. The van der Waals surface area contributed by atoms with E-state index in [2.05, 4.69) is 0 Å². The highest BCUT2D eigenvalue weighted by Crippen LogP contribution is 2.36. The van der Waals surface area contributed by atoms with Crippen molar-refractivity contribution in [2.75, 3.05) is 38.1 Å². The number of hydrogen-bond donors (Lipinski definition) is 0. The maximum atomic E-state index is 13.3. The fraction of sp³-hybridized carbons (Fsp3) is 0.292. The van der Waals surface area contributed by atoms with Gasteiger partial charge in [0.15, 0.2) is 0 Å². The van der Waals surface area contributed by atoms with E-state index < -0.39 is 5.92 Å². The molecule has 0 saturated carbocycles. The van der Waals surface area contributed by atoms with Crippen molar-refractivity contribution in [3.05, 3.63) is 65.0 Å². The van der Waals surface area contributed by atoms with Crippen LogP contribution in [0.25, 0.3) is 10.1 Å². The van der Waals surface area contributed by atoms with E-state index in [1.54, 1.807) is 16.8 Å². The van der Waals surface area contributed by atoms with E-state index in [1.165, 1.54) is 11.3 Å². The number of para-hydroxylation sites is 1. The third kappa shape index (κ3) is 3.49. The molecule has 3 aromatic rings. The number of carbonyl (C=O) groups is 3. The largest absolute Gasteiger partial charge is 0.339 e. The molecule has 1 fully saturated rings. The summed E-state index contributed by atoms with van der Waals surface area (Å²) in [7, 11) is 1.75. The number of carbonyl (C=O) groups excluding carboxylic acids is 3. The van der Waals surface area contributed by atoms with Gasteiger partial charge in [-0.1, -0.05) is 36.4 Å². The topological polar surface area (TPSA) is 60.9 Å². The first-order valence-corrected chi connectivity index (χ1v) is 11.3. The molecule has 6 nitrogen and oxygen atoms in total. The minimum atomic E-state index is -0.454. The lowest BCUT2D eigenvalue weighted by Crippen LogP contribution is -2.52. The van der Waals surface area contributed by atoms with Gasteiger partial charge in [0, 0.05) is 50.0 Å². The number of piperazine rings is 1. The van der Waals surface area contributed by atoms with Crippen LogP contribution in [0.15, 0.2) is 54.6 Å². The van der Waals surface area contributed by atoms with E-state index in [-0.39, 0.29) is 24.1 Å². The molecule has 5 rings (SSSR count). The minimum Gasteiger partial charge on any atom is -0.339 e. The molecule has 3 amide bonds. The first-order chi connectivity index (χ1) is 15.0. The maximum absolute atomic E-state index is 13.3. The second kappa shape index (κ2) is 7.81. The second-order valence-corrected chi connectivity index (χ2v) is 9.12. The van der Waals surface area contributed by atoms with Crippen molar-refractivity contribution in [1.82, 2.24) is 9.80 Å². The van der Waals surface area contributed by atoms with Gasteiger partial charge in [-0.15, -0.1) is 11.3 Å². The van der Waals surface area contributed by atoms with Crippen molar-refractivity contribution in [2.45, 2.75) is 12.3 Å². The molecule has 2 aromatic carbocycles. The van der Waals surface area contributed by atoms with Crippen LogP contribution in [0.4, 0.5) is 5.69 Å². The molecule has 1 atom stereocenters. The predicted octanol–water partition coefficient (Wildman–Crippen LogP) is 3.34. The number of thiophene rings is 1. The highest BCUT2D eigenvalue weighted by Gasteiger charge is 2.37. The maximum Gasteiger partial charge on any atom is 0.264 e. The lowest BCUT2D eigenvalue weighted by Gasteiger charge is -2.38. The number of rotatable bonds is 2. The molecular formula is C24H23N3O3S. The van der Waals surface area contributed by atoms with Gasteiger partial charge in [-0.05, 0) is 29.1 Å². The Morgan fingerprint density at radius 2 is 1.61 bits per heavy atom. The molecule has 0 aliphatic carbocycles. The Kier molecular flexibility index (Phi) is 4.98. The van der Waals surface area contributed by atoms with E-state index in [9.17, 15) is 14.4 Å². The van der Waals surface area contributed by atoms with Crippen LogP contribution in [-0.4, -0.2) is 60.7 Å². The van der Waals surface area contributed by atoms with Crippen molar-refractivity contribution >= 4 is 44.8 Å². The number of nitrogens with zero attached hydrogens (tertiary/aromatic N) is 3. The van der Waals surface area contributed by atoms with Gasteiger partial charge in [0.05, 0.1) is 10.8 Å². The molecule has 1 unspecified atom stereocenters. The molecule has 7 heteroatoms. The molecule has 2 aliphatic rings. The van der Waals surface area contributed by atoms with Crippen LogP contribution in [0.2, 0.25) is 0 Å². The van der Waals surface area contributed by atoms with Gasteiger partial charge < -0.3 is 14.7 Å². The van der Waals surface area contributed by atoms with Gasteiger partial charge in [0.1, 0.15) is 0 Å². The van der Waals surface area contributed by atoms with Crippen LogP contribution in [0.3, 0.4) is 0 Å². The predicted molar refractivity (Wildman–Crippen MR) is 122 cm³/mol. The molecule has 1 aromatic heterocycles. The zero-order valence-corrected chi connectivity index (χ0v) is 18.1. The molecule has 2 aliphatic heterocycles. The van der Waals surface area contributed by atoms with Gasteiger partial charge in [0.25, 0.3) is 5.91 Å². The van der Waals surface area contributed by atoms with Crippen LogP contribution >= 0.6 is 11.3 Å². The van der Waals surface area contributed by atoms with Gasteiger partial charge in [-0.2, -0.15) is 0 Å². The van der Waals surface area contributed by atoms with Gasteiger partial charge in [-0.3, -0.25) is 14.4 Å². The van der Waals surface area contributed by atoms with E-state index in [4.69, 9.17) is 0 Å². The Hall–Kier alpha value is -3.19. The average Bonchev–Trinajstić information content (AvgIpc) is 3.25. The van der Waals surface area contributed by atoms with Gasteiger partial charge in [0.2, 0.25) is 11.8 Å². The van der Waals surface area contributed by atoms with Crippen molar-refractivity contribution in [3.8, 4) is 0 Å². The van der Waals surface area contributed by atoms with Crippen LogP contribution in [0, 0.1) is 0 Å². The van der Waals surface area contributed by atoms with E-state index in [0.29, 0.717) is 26.2 Å². The smallest absolute Gasteiger partial charge is 0.264 e. The zero-order valence-electron chi connectivity index (χ0n) is 17.3. The SMILES string of the molecule is CN1C(=O)CC(C(=O)N2CCN(C(=O)c3cc4ccccc4s3)CC2)c2ccccc21. The molecule has 31 heavy (non-hydrogen) atoms. The quantitative estimate of drug-likeness (QED) is 0.623. The summed E-state index contributed by atoms with van der Waals surface area (Å²) < 4.78 is 1.10. The van der Waals surface area contributed by atoms with E-state index >= 15 is 0 Å². The van der Waals surface area contributed by atoms with Crippen LogP contribution in [0.1, 0.15) is 27.6 Å².